The van der Waals surface area contributed by atoms with Gasteiger partial charge in [0.2, 0.25) is 5.71 Å². The minimum atomic E-state index is -1.05. The number of rotatable bonds is 4. The Hall–Kier alpha value is -2.44. The molecule has 0 bridgehead atoms. The zero-order chi connectivity index (χ0) is 12.8. The lowest BCUT2D eigenvalue weighted by Crippen LogP contribution is -2.27. The molecule has 7 nitrogen and oxygen atoms in total. The van der Waals surface area contributed by atoms with Crippen molar-refractivity contribution in [2.75, 3.05) is 6.54 Å². The highest BCUT2D eigenvalue weighted by Crippen LogP contribution is 2.12. The molecule has 0 saturated carbocycles. The number of oxime groups is 1. The number of esters is 1. The maximum Gasteiger partial charge on any atom is 0.368 e. The number of nitrogens with zero attached hydrogens (tertiary/aromatic N) is 2. The molecule has 0 saturated heterocycles. The fraction of sp³-hybridized carbons (Fsp3) is 0.200. The van der Waals surface area contributed by atoms with Gasteiger partial charge in [-0.15, -0.1) is 0 Å². The standard InChI is InChI=1S/C10H10N2O5/c1-7-3-2-4-8(5-7)17-10(13)9(11-14)6-12(15)16/h2-5,14H,6H2,1H3. The van der Waals surface area contributed by atoms with Gasteiger partial charge >= 0.3 is 5.97 Å². The third kappa shape index (κ3) is 3.90. The molecule has 0 fully saturated rings. The van der Waals surface area contributed by atoms with Crippen LogP contribution in [0.15, 0.2) is 29.4 Å². The van der Waals surface area contributed by atoms with E-state index >= 15 is 0 Å². The van der Waals surface area contributed by atoms with E-state index in [2.05, 4.69) is 5.16 Å². The van der Waals surface area contributed by atoms with Crippen molar-refractivity contribution < 1.29 is 19.7 Å². The molecule has 90 valence electrons. The second kappa shape index (κ2) is 5.59. The molecular formula is C10H10N2O5. The van der Waals surface area contributed by atoms with Gasteiger partial charge in [-0.1, -0.05) is 17.3 Å². The fourth-order valence-corrected chi connectivity index (χ4v) is 1.10. The number of nitro groups is 1. The molecule has 0 aromatic heterocycles. The van der Waals surface area contributed by atoms with Crippen molar-refractivity contribution in [3.63, 3.8) is 0 Å². The maximum absolute atomic E-state index is 11.4. The highest BCUT2D eigenvalue weighted by atomic mass is 16.6. The van der Waals surface area contributed by atoms with Crippen LogP contribution in [0.3, 0.4) is 0 Å². The zero-order valence-corrected chi connectivity index (χ0v) is 8.99. The Morgan fingerprint density at radius 2 is 2.29 bits per heavy atom. The number of aryl methyl sites for hydroxylation is 1. The van der Waals surface area contributed by atoms with Gasteiger partial charge in [-0.2, -0.15) is 0 Å². The average Bonchev–Trinajstić information content (AvgIpc) is 2.25. The smallest absolute Gasteiger partial charge is 0.368 e. The molecule has 0 aliphatic rings. The Labute approximate surface area is 96.5 Å². The van der Waals surface area contributed by atoms with E-state index in [0.29, 0.717) is 0 Å². The Kier molecular flexibility index (Phi) is 4.15. The van der Waals surface area contributed by atoms with E-state index in [-0.39, 0.29) is 5.75 Å². The molecule has 0 unspecified atom stereocenters. The average molecular weight is 238 g/mol. The molecule has 0 spiro atoms. The normalized spacial score (nSPS) is 11.0. The molecule has 17 heavy (non-hydrogen) atoms. The summed E-state index contributed by atoms with van der Waals surface area (Å²) in [5.74, 6) is -0.811. The van der Waals surface area contributed by atoms with Crippen LogP contribution in [0, 0.1) is 17.0 Å². The van der Waals surface area contributed by atoms with Crippen molar-refractivity contribution in [2.24, 2.45) is 5.16 Å². The molecule has 1 rings (SSSR count). The van der Waals surface area contributed by atoms with Crippen molar-refractivity contribution in [1.29, 1.82) is 0 Å². The van der Waals surface area contributed by atoms with Gasteiger partial charge in [0.15, 0.2) is 0 Å². The summed E-state index contributed by atoms with van der Waals surface area (Å²) in [5, 5.41) is 21.2. The van der Waals surface area contributed by atoms with E-state index in [1.807, 2.05) is 0 Å². The highest BCUT2D eigenvalue weighted by molar-refractivity contribution is 6.37. The first-order chi connectivity index (χ1) is 8.02. The molecule has 0 aliphatic carbocycles. The van der Waals surface area contributed by atoms with E-state index in [4.69, 9.17) is 9.94 Å². The third-order valence-electron chi connectivity index (χ3n) is 1.84. The van der Waals surface area contributed by atoms with Gasteiger partial charge in [0.25, 0.3) is 6.54 Å². The van der Waals surface area contributed by atoms with Crippen LogP contribution in [0.2, 0.25) is 0 Å². The van der Waals surface area contributed by atoms with Crippen LogP contribution < -0.4 is 4.74 Å². The van der Waals surface area contributed by atoms with E-state index in [1.165, 1.54) is 6.07 Å². The lowest BCUT2D eigenvalue weighted by atomic mass is 10.2. The van der Waals surface area contributed by atoms with E-state index in [9.17, 15) is 14.9 Å². The number of ether oxygens (including phenoxy) is 1. The fourth-order valence-electron chi connectivity index (χ4n) is 1.10. The Morgan fingerprint density at radius 1 is 1.59 bits per heavy atom. The monoisotopic (exact) mass is 238 g/mol. The van der Waals surface area contributed by atoms with E-state index < -0.39 is 23.1 Å². The topological polar surface area (TPSA) is 102 Å². The van der Waals surface area contributed by atoms with Crippen LogP contribution >= 0.6 is 0 Å². The van der Waals surface area contributed by atoms with Gasteiger partial charge < -0.3 is 9.94 Å². The predicted molar refractivity (Wildman–Crippen MR) is 57.9 cm³/mol. The van der Waals surface area contributed by atoms with Gasteiger partial charge in [0.05, 0.1) is 0 Å². The third-order valence-corrected chi connectivity index (χ3v) is 1.84. The summed E-state index contributed by atoms with van der Waals surface area (Å²) < 4.78 is 4.81. The molecule has 0 amide bonds. The first-order valence-electron chi connectivity index (χ1n) is 4.64. The van der Waals surface area contributed by atoms with Crippen molar-refractivity contribution >= 4 is 11.7 Å². The Balaban J connectivity index is 2.74. The quantitative estimate of drug-likeness (QED) is 0.210. The van der Waals surface area contributed by atoms with Gasteiger partial charge in [-0.25, -0.2) is 4.79 Å². The van der Waals surface area contributed by atoms with Crippen LogP contribution in [0.25, 0.3) is 0 Å². The SMILES string of the molecule is Cc1cccc(OC(=O)C(C[N+](=O)[O-])=NO)c1. The van der Waals surface area contributed by atoms with Crippen molar-refractivity contribution in [2.45, 2.75) is 6.92 Å². The summed E-state index contributed by atoms with van der Waals surface area (Å²) in [5.41, 5.74) is 0.212. The first-order valence-corrected chi connectivity index (χ1v) is 4.64. The number of carbonyl (C=O) groups excluding carboxylic acids is 1. The summed E-state index contributed by atoms with van der Waals surface area (Å²) in [6.07, 6.45) is 0. The van der Waals surface area contributed by atoms with Crippen molar-refractivity contribution in [1.82, 2.24) is 0 Å². The minimum absolute atomic E-state index is 0.236. The summed E-state index contributed by atoms with van der Waals surface area (Å²) in [4.78, 5) is 20.8. The van der Waals surface area contributed by atoms with Crippen LogP contribution in [0.4, 0.5) is 0 Å². The molecule has 0 aliphatic heterocycles. The van der Waals surface area contributed by atoms with E-state index in [0.717, 1.165) is 5.56 Å². The summed E-state index contributed by atoms with van der Waals surface area (Å²) in [7, 11) is 0. The van der Waals surface area contributed by atoms with Crippen LogP contribution in [-0.4, -0.2) is 28.4 Å². The molecule has 7 heteroatoms. The lowest BCUT2D eigenvalue weighted by Gasteiger charge is -2.03. The number of carbonyl (C=O) groups is 1. The van der Waals surface area contributed by atoms with Gasteiger partial charge in [0, 0.05) is 4.92 Å². The van der Waals surface area contributed by atoms with Gasteiger partial charge in [-0.3, -0.25) is 10.1 Å². The molecule has 0 radical (unpaired) electrons. The predicted octanol–water partition coefficient (Wildman–Crippen LogP) is 1.01. The molecule has 0 atom stereocenters. The van der Waals surface area contributed by atoms with Gasteiger partial charge in [-0.05, 0) is 24.6 Å². The Morgan fingerprint density at radius 3 is 2.82 bits per heavy atom. The molecule has 1 aromatic rings. The second-order valence-electron chi connectivity index (χ2n) is 3.24. The molecule has 1 aromatic carbocycles. The van der Waals surface area contributed by atoms with Crippen LogP contribution in [0.1, 0.15) is 5.56 Å². The summed E-state index contributed by atoms with van der Waals surface area (Å²) in [6, 6.07) is 6.57. The number of hydrogen-bond donors (Lipinski definition) is 1. The molecule has 0 heterocycles. The zero-order valence-electron chi connectivity index (χ0n) is 8.99. The summed E-state index contributed by atoms with van der Waals surface area (Å²) in [6.45, 7) is 0.913. The summed E-state index contributed by atoms with van der Waals surface area (Å²) >= 11 is 0. The second-order valence-corrected chi connectivity index (χ2v) is 3.24. The molecule has 1 N–H and O–H groups in total. The van der Waals surface area contributed by atoms with Crippen molar-refractivity contribution in [3.05, 3.63) is 39.9 Å². The Bertz CT molecular complexity index is 470. The number of benzene rings is 1. The highest BCUT2D eigenvalue weighted by Gasteiger charge is 2.20. The largest absolute Gasteiger partial charge is 0.422 e. The van der Waals surface area contributed by atoms with Crippen LogP contribution in [-0.2, 0) is 4.79 Å². The van der Waals surface area contributed by atoms with Gasteiger partial charge in [0.1, 0.15) is 5.75 Å². The van der Waals surface area contributed by atoms with E-state index in [1.54, 1.807) is 25.1 Å². The first kappa shape index (κ1) is 12.6. The maximum atomic E-state index is 11.4. The van der Waals surface area contributed by atoms with Crippen molar-refractivity contribution in [3.8, 4) is 5.75 Å². The number of hydrogen-bond acceptors (Lipinski definition) is 6. The van der Waals surface area contributed by atoms with Crippen LogP contribution in [0.5, 0.6) is 5.75 Å². The molecular weight excluding hydrogens is 228 g/mol. The lowest BCUT2D eigenvalue weighted by molar-refractivity contribution is -0.463. The minimum Gasteiger partial charge on any atom is -0.422 e.